The van der Waals surface area contributed by atoms with E-state index in [1.807, 2.05) is 30.5 Å². The molecule has 0 saturated heterocycles. The zero-order valence-corrected chi connectivity index (χ0v) is 17.8. The molecule has 150 valence electrons. The van der Waals surface area contributed by atoms with Crippen LogP contribution in [0.25, 0.3) is 22.4 Å². The predicted octanol–water partition coefficient (Wildman–Crippen LogP) is 4.58. The van der Waals surface area contributed by atoms with Crippen molar-refractivity contribution in [3.63, 3.8) is 0 Å². The van der Waals surface area contributed by atoms with Crippen molar-refractivity contribution in [3.8, 4) is 27.6 Å². The Bertz CT molecular complexity index is 992. The quantitative estimate of drug-likeness (QED) is 0.312. The van der Waals surface area contributed by atoms with E-state index in [0.717, 1.165) is 33.0 Å². The van der Waals surface area contributed by atoms with Crippen molar-refractivity contribution in [1.29, 1.82) is 0 Å². The van der Waals surface area contributed by atoms with Gasteiger partial charge in [0.1, 0.15) is 0 Å². The van der Waals surface area contributed by atoms with Crippen molar-refractivity contribution in [2.45, 2.75) is 11.8 Å². The number of pyridine rings is 1. The Morgan fingerprint density at radius 1 is 1.34 bits per heavy atom. The Balaban J connectivity index is 2.02. The first-order valence-corrected chi connectivity index (χ1v) is 10.7. The highest BCUT2D eigenvalue weighted by atomic mass is 32.2. The maximum absolute atomic E-state index is 11.7. The molecule has 0 aliphatic heterocycles. The van der Waals surface area contributed by atoms with Gasteiger partial charge >= 0.3 is 6.03 Å². The van der Waals surface area contributed by atoms with Crippen molar-refractivity contribution < 1.29 is 9.53 Å². The number of hydrogen-bond donors (Lipinski definition) is 2. The van der Waals surface area contributed by atoms with Gasteiger partial charge in [-0.2, -0.15) is 0 Å². The van der Waals surface area contributed by atoms with Crippen molar-refractivity contribution in [3.05, 3.63) is 42.0 Å². The second kappa shape index (κ2) is 10.0. The number of nitrogens with one attached hydrogen (secondary N) is 2. The first-order valence-electron chi connectivity index (χ1n) is 8.85. The van der Waals surface area contributed by atoms with E-state index in [4.69, 9.17) is 4.74 Å². The van der Waals surface area contributed by atoms with Gasteiger partial charge in [-0.15, -0.1) is 11.8 Å². The standard InChI is InChI=1S/C20H21N5O2S2/c1-4-23-19(26)24-12-29-18-15(17-11-28-20(25-17)27-3)8-14(9-16(18)21-2)13-6-5-7-22-10-13/h5-11H,2,4,12H2,1,3H3,(H2,23,24,26). The molecule has 0 aliphatic rings. The van der Waals surface area contributed by atoms with Gasteiger partial charge in [0.15, 0.2) is 0 Å². The molecule has 0 unspecified atom stereocenters. The van der Waals surface area contributed by atoms with Gasteiger partial charge < -0.3 is 15.4 Å². The summed E-state index contributed by atoms with van der Waals surface area (Å²) in [6.07, 6.45) is 3.54. The Hall–Kier alpha value is -2.91. The Labute approximate surface area is 177 Å². The maximum Gasteiger partial charge on any atom is 0.315 e. The molecule has 9 heteroatoms. The van der Waals surface area contributed by atoms with Gasteiger partial charge in [0.05, 0.1) is 24.4 Å². The number of ether oxygens (including phenoxy) is 1. The summed E-state index contributed by atoms with van der Waals surface area (Å²) in [6, 6.07) is 7.68. The fraction of sp³-hybridized carbons (Fsp3) is 0.200. The number of hydrogen-bond acceptors (Lipinski definition) is 7. The normalized spacial score (nSPS) is 10.4. The molecule has 3 aromatic rings. The van der Waals surface area contributed by atoms with Crippen LogP contribution in [0.2, 0.25) is 0 Å². The molecule has 2 amide bonds. The van der Waals surface area contributed by atoms with Crippen LogP contribution in [0.5, 0.6) is 5.19 Å². The SMILES string of the molecule is C=Nc1cc(-c2cccnc2)cc(-c2csc(OC)n2)c1SCNC(=O)NCC. The molecule has 0 aliphatic carbocycles. The van der Waals surface area contributed by atoms with Crippen LogP contribution in [-0.2, 0) is 0 Å². The molecule has 0 bridgehead atoms. The maximum atomic E-state index is 11.7. The van der Waals surface area contributed by atoms with Crippen LogP contribution in [0, 0.1) is 0 Å². The Morgan fingerprint density at radius 2 is 2.21 bits per heavy atom. The predicted molar refractivity (Wildman–Crippen MR) is 119 cm³/mol. The Morgan fingerprint density at radius 3 is 2.86 bits per heavy atom. The molecule has 0 spiro atoms. The number of thiazole rings is 1. The first kappa shape index (κ1) is 20.8. The van der Waals surface area contributed by atoms with Crippen LogP contribution >= 0.6 is 23.1 Å². The van der Waals surface area contributed by atoms with Gasteiger partial charge in [-0.1, -0.05) is 17.4 Å². The molecule has 0 fully saturated rings. The molecular weight excluding hydrogens is 406 g/mol. The van der Waals surface area contributed by atoms with Crippen molar-refractivity contribution in [1.82, 2.24) is 20.6 Å². The van der Waals surface area contributed by atoms with E-state index in [1.54, 1.807) is 19.5 Å². The number of urea groups is 1. The molecule has 2 aromatic heterocycles. The summed E-state index contributed by atoms with van der Waals surface area (Å²) in [4.78, 5) is 25.6. The summed E-state index contributed by atoms with van der Waals surface area (Å²) in [5.74, 6) is 0.384. The average molecular weight is 428 g/mol. The van der Waals surface area contributed by atoms with Crippen molar-refractivity contribution >= 4 is 41.5 Å². The lowest BCUT2D eigenvalue weighted by molar-refractivity contribution is 0.243. The van der Waals surface area contributed by atoms with Gasteiger partial charge in [-0.3, -0.25) is 9.98 Å². The van der Waals surface area contributed by atoms with Crippen LogP contribution in [0.15, 0.2) is 51.9 Å². The van der Waals surface area contributed by atoms with Gasteiger partial charge in [-0.05, 0) is 37.4 Å². The van der Waals surface area contributed by atoms with Crippen LogP contribution in [-0.4, -0.2) is 42.2 Å². The highest BCUT2D eigenvalue weighted by molar-refractivity contribution is 7.99. The molecule has 0 atom stereocenters. The molecular formula is C20H21N5O2S2. The molecule has 3 rings (SSSR count). The molecule has 0 radical (unpaired) electrons. The number of thioether (sulfide) groups is 1. The zero-order valence-electron chi connectivity index (χ0n) is 16.1. The summed E-state index contributed by atoms with van der Waals surface area (Å²) in [5.41, 5.74) is 4.33. The minimum absolute atomic E-state index is 0.211. The van der Waals surface area contributed by atoms with Crippen LogP contribution < -0.4 is 15.4 Å². The van der Waals surface area contributed by atoms with Gasteiger partial charge in [-0.25, -0.2) is 9.78 Å². The van der Waals surface area contributed by atoms with Gasteiger partial charge in [0.25, 0.3) is 5.19 Å². The minimum atomic E-state index is -0.211. The lowest BCUT2D eigenvalue weighted by Crippen LogP contribution is -2.34. The van der Waals surface area contributed by atoms with Crippen LogP contribution in [0.4, 0.5) is 10.5 Å². The van der Waals surface area contributed by atoms with E-state index in [-0.39, 0.29) is 6.03 Å². The monoisotopic (exact) mass is 427 g/mol. The Kier molecular flexibility index (Phi) is 7.20. The molecule has 7 nitrogen and oxygen atoms in total. The molecule has 0 saturated carbocycles. The molecule has 2 N–H and O–H groups in total. The number of amides is 2. The molecule has 1 aromatic carbocycles. The third-order valence-corrected chi connectivity index (χ3v) is 5.76. The summed E-state index contributed by atoms with van der Waals surface area (Å²) >= 11 is 2.89. The van der Waals surface area contributed by atoms with E-state index in [9.17, 15) is 4.79 Å². The zero-order chi connectivity index (χ0) is 20.6. The number of nitrogens with zero attached hydrogens (tertiary/aromatic N) is 3. The van der Waals surface area contributed by atoms with E-state index >= 15 is 0 Å². The lowest BCUT2D eigenvalue weighted by atomic mass is 10.0. The van der Waals surface area contributed by atoms with Crippen LogP contribution in [0.3, 0.4) is 0 Å². The fourth-order valence-electron chi connectivity index (χ4n) is 2.64. The smallest absolute Gasteiger partial charge is 0.315 e. The number of rotatable bonds is 8. The topological polar surface area (TPSA) is 88.5 Å². The lowest BCUT2D eigenvalue weighted by Gasteiger charge is -2.14. The van der Waals surface area contributed by atoms with E-state index < -0.39 is 0 Å². The first-order chi connectivity index (χ1) is 14.2. The van der Waals surface area contributed by atoms with E-state index in [2.05, 4.69) is 38.4 Å². The third kappa shape index (κ3) is 5.12. The van der Waals surface area contributed by atoms with E-state index in [0.29, 0.717) is 17.6 Å². The van der Waals surface area contributed by atoms with E-state index in [1.165, 1.54) is 23.1 Å². The second-order valence-electron chi connectivity index (χ2n) is 5.80. The largest absolute Gasteiger partial charge is 0.473 e. The van der Waals surface area contributed by atoms with Crippen molar-refractivity contribution in [2.24, 2.45) is 4.99 Å². The van der Waals surface area contributed by atoms with Gasteiger partial charge in [0.2, 0.25) is 0 Å². The third-order valence-electron chi connectivity index (χ3n) is 3.95. The van der Waals surface area contributed by atoms with Crippen molar-refractivity contribution in [2.75, 3.05) is 19.5 Å². The average Bonchev–Trinajstić information content (AvgIpc) is 3.23. The summed E-state index contributed by atoms with van der Waals surface area (Å²) in [6.45, 7) is 6.18. The summed E-state index contributed by atoms with van der Waals surface area (Å²) in [5, 5.41) is 8.06. The molecule has 29 heavy (non-hydrogen) atoms. The fourth-order valence-corrected chi connectivity index (χ4v) is 4.22. The summed E-state index contributed by atoms with van der Waals surface area (Å²) in [7, 11) is 1.59. The van der Waals surface area contributed by atoms with Gasteiger partial charge in [0, 0.05) is 40.3 Å². The number of benzene rings is 1. The molecule has 2 heterocycles. The number of aliphatic imine (C=N–C) groups is 1. The second-order valence-corrected chi connectivity index (χ2v) is 7.61. The minimum Gasteiger partial charge on any atom is -0.473 e. The number of carbonyl (C=O) groups is 1. The number of methoxy groups -OCH3 is 1. The number of aromatic nitrogens is 2. The van der Waals surface area contributed by atoms with Crippen LogP contribution in [0.1, 0.15) is 6.92 Å². The summed E-state index contributed by atoms with van der Waals surface area (Å²) < 4.78 is 5.26. The number of carbonyl (C=O) groups excluding carboxylic acids is 1. The highest BCUT2D eigenvalue weighted by Gasteiger charge is 2.17. The highest BCUT2D eigenvalue weighted by Crippen LogP contribution is 2.42.